The van der Waals surface area contributed by atoms with Crippen LogP contribution in [0.3, 0.4) is 0 Å². The Morgan fingerprint density at radius 3 is 2.14 bits per heavy atom. The first-order valence-electron chi connectivity index (χ1n) is 5.64. The van der Waals surface area contributed by atoms with Gasteiger partial charge in [-0.2, -0.15) is 0 Å². The molecule has 0 amide bonds. The minimum atomic E-state index is -1.53. The molecule has 2 rings (SSSR count). The SMILES string of the molecule is C=CCc1cc2ccccc2c(C(=O)[O-])c1C(=O)[O-].[Na+].[Na+]. The molecule has 0 fully saturated rings. The predicted octanol–water partition coefficient (Wildman–Crippen LogP) is -5.70. The van der Waals surface area contributed by atoms with Crippen LogP contribution in [0, 0.1) is 0 Å². The smallest absolute Gasteiger partial charge is 0.545 e. The maximum absolute atomic E-state index is 11.3. The van der Waals surface area contributed by atoms with Crippen LogP contribution in [0.25, 0.3) is 10.8 Å². The van der Waals surface area contributed by atoms with Crippen LogP contribution in [-0.4, -0.2) is 11.9 Å². The summed E-state index contributed by atoms with van der Waals surface area (Å²) in [6.45, 7) is 3.53. The molecule has 0 spiro atoms. The van der Waals surface area contributed by atoms with Gasteiger partial charge in [0.05, 0.1) is 11.9 Å². The van der Waals surface area contributed by atoms with Crippen molar-refractivity contribution >= 4 is 22.7 Å². The summed E-state index contributed by atoms with van der Waals surface area (Å²) in [6.07, 6.45) is 1.75. The van der Waals surface area contributed by atoms with E-state index in [1.807, 2.05) is 0 Å². The molecule has 0 saturated carbocycles. The van der Waals surface area contributed by atoms with Crippen LogP contribution in [0.15, 0.2) is 43.0 Å². The van der Waals surface area contributed by atoms with Crippen molar-refractivity contribution < 1.29 is 78.9 Å². The van der Waals surface area contributed by atoms with Crippen LogP contribution in [0.4, 0.5) is 0 Å². The molecule has 0 aliphatic heterocycles. The molecule has 6 heteroatoms. The van der Waals surface area contributed by atoms with E-state index in [-0.39, 0.29) is 76.7 Å². The summed E-state index contributed by atoms with van der Waals surface area (Å²) >= 11 is 0. The standard InChI is InChI=1S/C15H12O4.2Na/c1-2-5-10-8-9-6-3-4-7-11(9)13(15(18)19)12(10)14(16)17;;/h2-4,6-8H,1,5H2,(H,16,17)(H,18,19);;/q;2*+1/p-2. The molecule has 0 atom stereocenters. The molecule has 21 heavy (non-hydrogen) atoms. The van der Waals surface area contributed by atoms with Crippen LogP contribution < -0.4 is 69.3 Å². The maximum Gasteiger partial charge on any atom is 1.00 e. The van der Waals surface area contributed by atoms with Crippen LogP contribution in [0.2, 0.25) is 0 Å². The average Bonchev–Trinajstić information content (AvgIpc) is 2.37. The van der Waals surface area contributed by atoms with E-state index >= 15 is 0 Å². The molecule has 96 valence electrons. The number of rotatable bonds is 4. The summed E-state index contributed by atoms with van der Waals surface area (Å²) in [5.41, 5.74) is -0.318. The number of carboxylic acid groups (broad SMARTS) is 2. The van der Waals surface area contributed by atoms with E-state index < -0.39 is 11.9 Å². The molecule has 2 aromatic carbocycles. The molecule has 0 radical (unpaired) electrons. The Labute approximate surface area is 166 Å². The second-order valence-corrected chi connectivity index (χ2v) is 4.07. The molecule has 0 heterocycles. The molecular weight excluding hydrogens is 290 g/mol. The van der Waals surface area contributed by atoms with Crippen molar-refractivity contribution in [2.75, 3.05) is 0 Å². The Balaban J connectivity index is 0.00000200. The van der Waals surface area contributed by atoms with Gasteiger partial charge in [-0.25, -0.2) is 0 Å². The van der Waals surface area contributed by atoms with Gasteiger partial charge in [-0.1, -0.05) is 36.4 Å². The molecule has 0 aliphatic rings. The fourth-order valence-corrected chi connectivity index (χ4v) is 2.17. The second kappa shape index (κ2) is 8.73. The molecule has 0 saturated heterocycles. The summed E-state index contributed by atoms with van der Waals surface area (Å²) in [6, 6.07) is 8.28. The van der Waals surface area contributed by atoms with E-state index in [1.165, 1.54) is 6.08 Å². The van der Waals surface area contributed by atoms with Crippen LogP contribution in [0.5, 0.6) is 0 Å². The van der Waals surface area contributed by atoms with Gasteiger partial charge < -0.3 is 19.8 Å². The molecule has 0 N–H and O–H groups in total. The zero-order chi connectivity index (χ0) is 14.0. The summed E-state index contributed by atoms with van der Waals surface area (Å²) in [5, 5.41) is 23.5. The van der Waals surface area contributed by atoms with Crippen LogP contribution in [0.1, 0.15) is 26.3 Å². The zero-order valence-corrected chi connectivity index (χ0v) is 16.0. The van der Waals surface area contributed by atoms with Crippen molar-refractivity contribution in [2.24, 2.45) is 0 Å². The minimum Gasteiger partial charge on any atom is -0.545 e. The number of hydrogen-bond acceptors (Lipinski definition) is 4. The van der Waals surface area contributed by atoms with Gasteiger partial charge in [0.15, 0.2) is 0 Å². The molecule has 0 unspecified atom stereocenters. The van der Waals surface area contributed by atoms with Crippen molar-refractivity contribution in [1.29, 1.82) is 0 Å². The number of fused-ring (bicyclic) bond motifs is 1. The summed E-state index contributed by atoms with van der Waals surface area (Å²) < 4.78 is 0. The Hall–Kier alpha value is -0.620. The van der Waals surface area contributed by atoms with E-state index in [0.717, 1.165) is 0 Å². The molecule has 0 bridgehead atoms. The number of carbonyl (C=O) groups is 2. The molecule has 0 aromatic heterocycles. The molecule has 2 aromatic rings. The summed E-state index contributed by atoms with van der Waals surface area (Å²) in [4.78, 5) is 22.5. The van der Waals surface area contributed by atoms with Gasteiger partial charge in [0.1, 0.15) is 0 Å². The van der Waals surface area contributed by atoms with E-state index in [4.69, 9.17) is 0 Å². The van der Waals surface area contributed by atoms with Gasteiger partial charge in [-0.05, 0) is 22.8 Å². The van der Waals surface area contributed by atoms with E-state index in [1.54, 1.807) is 30.3 Å². The number of hydrogen-bond donors (Lipinski definition) is 0. The van der Waals surface area contributed by atoms with E-state index in [2.05, 4.69) is 6.58 Å². The topological polar surface area (TPSA) is 80.3 Å². The first-order valence-corrected chi connectivity index (χ1v) is 5.64. The Morgan fingerprint density at radius 2 is 1.62 bits per heavy atom. The Kier molecular flexibility index (Phi) is 8.48. The van der Waals surface area contributed by atoms with E-state index in [0.29, 0.717) is 16.3 Å². The predicted molar refractivity (Wildman–Crippen MR) is 66.5 cm³/mol. The number of benzene rings is 2. The fourth-order valence-electron chi connectivity index (χ4n) is 2.17. The summed E-state index contributed by atoms with van der Waals surface area (Å²) in [5.74, 6) is -3.05. The number of carboxylic acids is 2. The maximum atomic E-state index is 11.3. The average molecular weight is 300 g/mol. The van der Waals surface area contributed by atoms with Gasteiger partial charge in [0.25, 0.3) is 0 Å². The van der Waals surface area contributed by atoms with Gasteiger partial charge in [-0.3, -0.25) is 0 Å². The molecule has 4 nitrogen and oxygen atoms in total. The van der Waals surface area contributed by atoms with Crippen molar-refractivity contribution in [2.45, 2.75) is 6.42 Å². The third-order valence-electron chi connectivity index (χ3n) is 2.90. The van der Waals surface area contributed by atoms with E-state index in [9.17, 15) is 19.8 Å². The largest absolute Gasteiger partial charge is 1.00 e. The quantitative estimate of drug-likeness (QED) is 0.416. The summed E-state index contributed by atoms with van der Waals surface area (Å²) in [7, 11) is 0. The van der Waals surface area contributed by atoms with Crippen molar-refractivity contribution in [3.63, 3.8) is 0 Å². The minimum absolute atomic E-state index is 0. The molecular formula is C15H10Na2O4. The third-order valence-corrected chi connectivity index (χ3v) is 2.90. The van der Waals surface area contributed by atoms with Crippen molar-refractivity contribution in [3.8, 4) is 0 Å². The zero-order valence-electron chi connectivity index (χ0n) is 12.0. The van der Waals surface area contributed by atoms with Gasteiger partial charge in [-0.15, -0.1) is 6.58 Å². The van der Waals surface area contributed by atoms with Crippen LogP contribution >= 0.6 is 0 Å². The first-order chi connectivity index (χ1) is 9.06. The number of allylic oxidation sites excluding steroid dienone is 1. The Morgan fingerprint density at radius 1 is 1.05 bits per heavy atom. The number of aromatic carboxylic acids is 2. The van der Waals surface area contributed by atoms with Gasteiger partial charge in [0, 0.05) is 11.1 Å². The normalized spacial score (nSPS) is 9.33. The second-order valence-electron chi connectivity index (χ2n) is 4.07. The number of carbonyl (C=O) groups excluding carboxylic acids is 2. The van der Waals surface area contributed by atoms with Gasteiger partial charge in [0.2, 0.25) is 0 Å². The van der Waals surface area contributed by atoms with Crippen molar-refractivity contribution in [1.82, 2.24) is 0 Å². The van der Waals surface area contributed by atoms with Crippen molar-refractivity contribution in [3.05, 3.63) is 59.7 Å². The monoisotopic (exact) mass is 300 g/mol. The third kappa shape index (κ3) is 4.19. The van der Waals surface area contributed by atoms with Gasteiger partial charge >= 0.3 is 59.1 Å². The fraction of sp³-hybridized carbons (Fsp3) is 0.0667. The molecule has 0 aliphatic carbocycles. The first kappa shape index (κ1) is 20.4. The Bertz CT molecular complexity index is 695. The van der Waals surface area contributed by atoms with Crippen LogP contribution in [-0.2, 0) is 6.42 Å².